The van der Waals surface area contributed by atoms with Crippen LogP contribution in [0.5, 0.6) is 0 Å². The lowest BCUT2D eigenvalue weighted by Crippen LogP contribution is -2.12. The summed E-state index contributed by atoms with van der Waals surface area (Å²) in [4.78, 5) is 5.14. The molecule has 1 unspecified atom stereocenters. The molecular formula is C12H12BrFN2S. The van der Waals surface area contributed by atoms with Crippen molar-refractivity contribution >= 4 is 27.3 Å². The molecule has 2 N–H and O–H groups in total. The van der Waals surface area contributed by atoms with E-state index in [2.05, 4.69) is 20.9 Å². The predicted octanol–water partition coefficient (Wildman–Crippen LogP) is 3.60. The third kappa shape index (κ3) is 3.12. The van der Waals surface area contributed by atoms with E-state index in [0.29, 0.717) is 12.0 Å². The van der Waals surface area contributed by atoms with E-state index in [-0.39, 0.29) is 11.9 Å². The topological polar surface area (TPSA) is 38.9 Å². The molecular weight excluding hydrogens is 303 g/mol. The maximum Gasteiger partial charge on any atom is 0.127 e. The van der Waals surface area contributed by atoms with Crippen molar-refractivity contribution in [1.82, 2.24) is 4.98 Å². The highest BCUT2D eigenvalue weighted by Crippen LogP contribution is 2.24. The lowest BCUT2D eigenvalue weighted by Gasteiger charge is -2.10. The minimum atomic E-state index is -0.226. The first-order valence-corrected chi connectivity index (χ1v) is 6.79. The zero-order valence-electron chi connectivity index (χ0n) is 9.28. The van der Waals surface area contributed by atoms with Crippen molar-refractivity contribution in [2.75, 3.05) is 0 Å². The van der Waals surface area contributed by atoms with Crippen molar-refractivity contribution in [3.63, 3.8) is 0 Å². The van der Waals surface area contributed by atoms with Crippen LogP contribution in [-0.4, -0.2) is 4.98 Å². The van der Waals surface area contributed by atoms with E-state index in [1.165, 1.54) is 6.07 Å². The van der Waals surface area contributed by atoms with Crippen LogP contribution in [0.2, 0.25) is 0 Å². The molecule has 0 saturated carbocycles. The van der Waals surface area contributed by atoms with Gasteiger partial charge in [0.2, 0.25) is 0 Å². The van der Waals surface area contributed by atoms with Gasteiger partial charge in [-0.2, -0.15) is 0 Å². The van der Waals surface area contributed by atoms with E-state index in [0.717, 1.165) is 14.4 Å². The Morgan fingerprint density at radius 1 is 1.53 bits per heavy atom. The summed E-state index contributed by atoms with van der Waals surface area (Å²) < 4.78 is 14.4. The van der Waals surface area contributed by atoms with Gasteiger partial charge >= 0.3 is 0 Å². The molecule has 5 heteroatoms. The standard InChI is InChI=1S/C12H12BrFN2S/c1-7-16-6-12(17-7)11(15)4-8-2-3-9(13)5-10(8)14/h2-3,5-6,11H,4,15H2,1H3. The van der Waals surface area contributed by atoms with Gasteiger partial charge in [0, 0.05) is 21.6 Å². The fourth-order valence-corrected chi connectivity index (χ4v) is 2.69. The molecule has 0 radical (unpaired) electrons. The van der Waals surface area contributed by atoms with E-state index in [9.17, 15) is 4.39 Å². The second-order valence-electron chi connectivity index (χ2n) is 3.83. The molecule has 2 rings (SSSR count). The monoisotopic (exact) mass is 314 g/mol. The number of thiazole rings is 1. The molecule has 1 atom stereocenters. The number of hydrogen-bond acceptors (Lipinski definition) is 3. The van der Waals surface area contributed by atoms with Gasteiger partial charge in [0.25, 0.3) is 0 Å². The molecule has 1 aromatic carbocycles. The van der Waals surface area contributed by atoms with Crippen molar-refractivity contribution in [3.05, 3.63) is 50.1 Å². The van der Waals surface area contributed by atoms with Gasteiger partial charge in [-0.15, -0.1) is 11.3 Å². The van der Waals surface area contributed by atoms with Crippen LogP contribution in [0.1, 0.15) is 21.5 Å². The summed E-state index contributed by atoms with van der Waals surface area (Å²) in [7, 11) is 0. The third-order valence-electron chi connectivity index (χ3n) is 2.46. The Morgan fingerprint density at radius 2 is 2.29 bits per heavy atom. The first kappa shape index (κ1) is 12.7. The number of nitrogens with zero attached hydrogens (tertiary/aromatic N) is 1. The van der Waals surface area contributed by atoms with Crippen molar-refractivity contribution in [2.45, 2.75) is 19.4 Å². The molecule has 1 aromatic heterocycles. The number of benzene rings is 1. The van der Waals surface area contributed by atoms with Crippen LogP contribution in [0.15, 0.2) is 28.9 Å². The first-order chi connectivity index (χ1) is 8.06. The molecule has 0 saturated heterocycles. The molecule has 0 spiro atoms. The van der Waals surface area contributed by atoms with Crippen molar-refractivity contribution in [2.24, 2.45) is 5.73 Å². The molecule has 17 heavy (non-hydrogen) atoms. The van der Waals surface area contributed by atoms with Crippen LogP contribution in [0.25, 0.3) is 0 Å². The highest BCUT2D eigenvalue weighted by atomic mass is 79.9. The number of halogens is 2. The molecule has 0 fully saturated rings. The van der Waals surface area contributed by atoms with Gasteiger partial charge in [0.05, 0.1) is 5.01 Å². The molecule has 0 bridgehead atoms. The summed E-state index contributed by atoms with van der Waals surface area (Å²) in [6.07, 6.45) is 2.25. The first-order valence-electron chi connectivity index (χ1n) is 5.18. The van der Waals surface area contributed by atoms with Crippen LogP contribution >= 0.6 is 27.3 Å². The molecule has 0 amide bonds. The van der Waals surface area contributed by atoms with Gasteiger partial charge in [-0.3, -0.25) is 0 Å². The van der Waals surface area contributed by atoms with E-state index < -0.39 is 0 Å². The minimum Gasteiger partial charge on any atom is -0.323 e. The summed E-state index contributed by atoms with van der Waals surface area (Å²) in [5.41, 5.74) is 6.67. The maximum atomic E-state index is 13.6. The highest BCUT2D eigenvalue weighted by molar-refractivity contribution is 9.10. The fourth-order valence-electron chi connectivity index (χ4n) is 1.57. The number of aryl methyl sites for hydroxylation is 1. The number of hydrogen-bond donors (Lipinski definition) is 1. The molecule has 0 aliphatic rings. The minimum absolute atomic E-state index is 0.197. The van der Waals surface area contributed by atoms with Crippen LogP contribution in [0.3, 0.4) is 0 Å². The highest BCUT2D eigenvalue weighted by Gasteiger charge is 2.12. The number of rotatable bonds is 3. The average Bonchev–Trinajstić information content (AvgIpc) is 2.69. The molecule has 1 heterocycles. The van der Waals surface area contributed by atoms with Crippen molar-refractivity contribution in [1.29, 1.82) is 0 Å². The molecule has 90 valence electrons. The van der Waals surface area contributed by atoms with Gasteiger partial charge in [-0.05, 0) is 31.0 Å². The third-order valence-corrected chi connectivity index (χ3v) is 4.00. The second-order valence-corrected chi connectivity index (χ2v) is 6.01. The quantitative estimate of drug-likeness (QED) is 0.940. The van der Waals surface area contributed by atoms with Gasteiger partial charge < -0.3 is 5.73 Å². The molecule has 2 nitrogen and oxygen atoms in total. The van der Waals surface area contributed by atoms with Crippen molar-refractivity contribution < 1.29 is 4.39 Å². The Morgan fingerprint density at radius 3 is 2.88 bits per heavy atom. The zero-order chi connectivity index (χ0) is 12.4. The largest absolute Gasteiger partial charge is 0.323 e. The number of aromatic nitrogens is 1. The van der Waals surface area contributed by atoms with Crippen LogP contribution < -0.4 is 5.73 Å². The Kier molecular flexibility index (Phi) is 3.91. The Balaban J connectivity index is 2.15. The average molecular weight is 315 g/mol. The van der Waals surface area contributed by atoms with Gasteiger partial charge in [0.1, 0.15) is 5.82 Å². The van der Waals surface area contributed by atoms with Gasteiger partial charge in [0.15, 0.2) is 0 Å². The summed E-state index contributed by atoms with van der Waals surface area (Å²) in [5.74, 6) is -0.226. The molecule has 0 aliphatic carbocycles. The summed E-state index contributed by atoms with van der Waals surface area (Å²) in [5, 5.41) is 0.978. The van der Waals surface area contributed by atoms with E-state index >= 15 is 0 Å². The molecule has 0 aliphatic heterocycles. The molecule has 2 aromatic rings. The van der Waals surface area contributed by atoms with Crippen LogP contribution in [0.4, 0.5) is 4.39 Å². The van der Waals surface area contributed by atoms with Crippen LogP contribution in [-0.2, 0) is 6.42 Å². The Hall–Kier alpha value is -0.780. The lowest BCUT2D eigenvalue weighted by atomic mass is 10.1. The summed E-state index contributed by atoms with van der Waals surface area (Å²) in [6, 6.07) is 4.84. The van der Waals surface area contributed by atoms with E-state index in [1.807, 2.05) is 13.0 Å². The van der Waals surface area contributed by atoms with E-state index in [4.69, 9.17) is 5.73 Å². The summed E-state index contributed by atoms with van der Waals surface area (Å²) in [6.45, 7) is 1.93. The SMILES string of the molecule is Cc1ncc(C(N)Cc2ccc(Br)cc2F)s1. The predicted molar refractivity (Wildman–Crippen MR) is 71.6 cm³/mol. The smallest absolute Gasteiger partial charge is 0.127 e. The van der Waals surface area contributed by atoms with Crippen LogP contribution in [0, 0.1) is 12.7 Å². The lowest BCUT2D eigenvalue weighted by molar-refractivity contribution is 0.594. The van der Waals surface area contributed by atoms with Crippen molar-refractivity contribution in [3.8, 4) is 0 Å². The fraction of sp³-hybridized carbons (Fsp3) is 0.250. The Labute approximate surface area is 112 Å². The van der Waals surface area contributed by atoms with E-state index in [1.54, 1.807) is 23.6 Å². The van der Waals surface area contributed by atoms with Gasteiger partial charge in [-0.1, -0.05) is 22.0 Å². The Bertz CT molecular complexity index is 527. The summed E-state index contributed by atoms with van der Waals surface area (Å²) >= 11 is 4.79. The van der Waals surface area contributed by atoms with Gasteiger partial charge in [-0.25, -0.2) is 9.37 Å². The normalized spacial score (nSPS) is 12.7. The zero-order valence-corrected chi connectivity index (χ0v) is 11.7. The number of nitrogens with two attached hydrogens (primary N) is 1. The second kappa shape index (κ2) is 5.25. The maximum absolute atomic E-state index is 13.6.